The molecule has 0 spiro atoms. The van der Waals surface area contributed by atoms with Crippen molar-refractivity contribution >= 4 is 21.8 Å². The molecule has 0 aliphatic heterocycles. The van der Waals surface area contributed by atoms with Crippen molar-refractivity contribution in [2.24, 2.45) is 0 Å². The molecule has 0 aliphatic rings. The maximum Gasteiger partial charge on any atom is 0.234 e. The normalized spacial score (nSPS) is 11.7. The summed E-state index contributed by atoms with van der Waals surface area (Å²) in [5, 5.41) is 6.15. The monoisotopic (exact) mass is 420 g/mol. The van der Waals surface area contributed by atoms with E-state index in [-0.39, 0.29) is 18.5 Å². The first-order chi connectivity index (χ1) is 12.6. The highest BCUT2D eigenvalue weighted by atomic mass is 79.9. The Balaban J connectivity index is 1.70. The number of rotatable bonds is 10. The lowest BCUT2D eigenvalue weighted by molar-refractivity contribution is -0.121. The van der Waals surface area contributed by atoms with Gasteiger partial charge in [0.25, 0.3) is 0 Å². The molecule has 2 aromatic carbocycles. The molecule has 1 atom stereocenters. The Hall–Kier alpha value is -2.05. The zero-order valence-corrected chi connectivity index (χ0v) is 16.7. The summed E-state index contributed by atoms with van der Waals surface area (Å²) in [5.41, 5.74) is 1.10. The second kappa shape index (κ2) is 10.8. The van der Waals surface area contributed by atoms with E-state index in [4.69, 9.17) is 9.47 Å². The van der Waals surface area contributed by atoms with Crippen molar-refractivity contribution in [1.82, 2.24) is 10.6 Å². The Morgan fingerprint density at radius 3 is 2.46 bits per heavy atom. The van der Waals surface area contributed by atoms with Gasteiger partial charge >= 0.3 is 0 Å². The number of amides is 1. The smallest absolute Gasteiger partial charge is 0.234 e. The van der Waals surface area contributed by atoms with Crippen LogP contribution in [0.4, 0.5) is 0 Å². The van der Waals surface area contributed by atoms with Gasteiger partial charge in [-0.05, 0) is 36.2 Å². The molecule has 0 heterocycles. The van der Waals surface area contributed by atoms with E-state index in [0.717, 1.165) is 16.5 Å². The predicted molar refractivity (Wildman–Crippen MR) is 107 cm³/mol. The van der Waals surface area contributed by atoms with Crippen molar-refractivity contribution in [2.75, 3.05) is 26.8 Å². The number of carbonyl (C=O) groups excluding carboxylic acids is 1. The first-order valence-electron chi connectivity index (χ1n) is 8.65. The van der Waals surface area contributed by atoms with Crippen LogP contribution in [0.2, 0.25) is 0 Å². The van der Waals surface area contributed by atoms with E-state index in [9.17, 15) is 4.79 Å². The fourth-order valence-electron chi connectivity index (χ4n) is 2.53. The lowest BCUT2D eigenvalue weighted by atomic mass is 10.0. The van der Waals surface area contributed by atoms with Crippen molar-refractivity contribution < 1.29 is 14.3 Å². The standard InChI is InChI=1S/C20H25BrN2O3/c1-3-17(15-8-10-16(21)11-9-15)23-20(24)14-22-12-13-26-19-7-5-4-6-18(19)25-2/h4-11,17,22H,3,12-14H2,1-2H3,(H,23,24). The van der Waals surface area contributed by atoms with Crippen LogP contribution in [0.25, 0.3) is 0 Å². The molecule has 0 fully saturated rings. The Morgan fingerprint density at radius 1 is 1.12 bits per heavy atom. The molecular formula is C20H25BrN2O3. The first-order valence-corrected chi connectivity index (χ1v) is 9.44. The maximum atomic E-state index is 12.1. The summed E-state index contributed by atoms with van der Waals surface area (Å²) in [6.07, 6.45) is 0.838. The molecule has 1 unspecified atom stereocenters. The molecular weight excluding hydrogens is 396 g/mol. The van der Waals surface area contributed by atoms with Crippen LogP contribution in [0.5, 0.6) is 11.5 Å². The predicted octanol–water partition coefficient (Wildman–Crippen LogP) is 3.69. The van der Waals surface area contributed by atoms with Crippen molar-refractivity contribution in [1.29, 1.82) is 0 Å². The molecule has 140 valence electrons. The van der Waals surface area contributed by atoms with Gasteiger partial charge in [0.05, 0.1) is 19.7 Å². The summed E-state index contributed by atoms with van der Waals surface area (Å²) in [6.45, 7) is 3.34. The van der Waals surface area contributed by atoms with Crippen molar-refractivity contribution in [2.45, 2.75) is 19.4 Å². The van der Waals surface area contributed by atoms with Crippen LogP contribution in [0.15, 0.2) is 53.0 Å². The third-order valence-electron chi connectivity index (χ3n) is 3.91. The van der Waals surface area contributed by atoms with Crippen LogP contribution in [-0.4, -0.2) is 32.7 Å². The van der Waals surface area contributed by atoms with Crippen molar-refractivity contribution in [3.05, 3.63) is 58.6 Å². The number of hydrogen-bond acceptors (Lipinski definition) is 4. The van der Waals surface area contributed by atoms with Crippen LogP contribution in [0, 0.1) is 0 Å². The van der Waals surface area contributed by atoms with E-state index < -0.39 is 0 Å². The number of carbonyl (C=O) groups is 1. The number of methoxy groups -OCH3 is 1. The molecule has 6 heteroatoms. The SMILES string of the molecule is CCC(NC(=O)CNCCOc1ccccc1OC)c1ccc(Br)cc1. The van der Waals surface area contributed by atoms with Crippen LogP contribution in [0.1, 0.15) is 24.9 Å². The summed E-state index contributed by atoms with van der Waals surface area (Å²) in [7, 11) is 1.61. The summed E-state index contributed by atoms with van der Waals surface area (Å²) < 4.78 is 11.9. The minimum atomic E-state index is -0.0305. The molecule has 0 bridgehead atoms. The lowest BCUT2D eigenvalue weighted by Crippen LogP contribution is -2.37. The minimum absolute atomic E-state index is 0.0160. The second-order valence-corrected chi connectivity index (χ2v) is 6.67. The highest BCUT2D eigenvalue weighted by Crippen LogP contribution is 2.25. The second-order valence-electron chi connectivity index (χ2n) is 5.76. The minimum Gasteiger partial charge on any atom is -0.493 e. The van der Waals surface area contributed by atoms with Gasteiger partial charge < -0.3 is 20.1 Å². The lowest BCUT2D eigenvalue weighted by Gasteiger charge is -2.18. The van der Waals surface area contributed by atoms with E-state index in [0.29, 0.717) is 24.7 Å². The third-order valence-corrected chi connectivity index (χ3v) is 4.44. The zero-order chi connectivity index (χ0) is 18.8. The molecule has 5 nitrogen and oxygen atoms in total. The fourth-order valence-corrected chi connectivity index (χ4v) is 2.80. The molecule has 0 radical (unpaired) electrons. The van der Waals surface area contributed by atoms with Gasteiger partial charge in [-0.15, -0.1) is 0 Å². The molecule has 0 saturated carbocycles. The van der Waals surface area contributed by atoms with Crippen molar-refractivity contribution in [3.63, 3.8) is 0 Å². The molecule has 0 aliphatic carbocycles. The van der Waals surface area contributed by atoms with E-state index in [1.165, 1.54) is 0 Å². The van der Waals surface area contributed by atoms with Gasteiger partial charge in [-0.3, -0.25) is 4.79 Å². The molecule has 2 aromatic rings. The Morgan fingerprint density at radius 2 is 1.81 bits per heavy atom. The number of ether oxygens (including phenoxy) is 2. The van der Waals surface area contributed by atoms with Crippen molar-refractivity contribution in [3.8, 4) is 11.5 Å². The quantitative estimate of drug-likeness (QED) is 0.575. The first kappa shape index (κ1) is 20.3. The largest absolute Gasteiger partial charge is 0.493 e. The number of nitrogens with one attached hydrogen (secondary N) is 2. The average molecular weight is 421 g/mol. The zero-order valence-electron chi connectivity index (χ0n) is 15.1. The van der Waals surface area contributed by atoms with Crippen LogP contribution < -0.4 is 20.1 Å². The van der Waals surface area contributed by atoms with Gasteiger partial charge in [0, 0.05) is 11.0 Å². The molecule has 1 amide bonds. The van der Waals surface area contributed by atoms with E-state index in [2.05, 4.69) is 33.5 Å². The van der Waals surface area contributed by atoms with E-state index in [1.807, 2.05) is 48.5 Å². The summed E-state index contributed by atoms with van der Waals surface area (Å²) in [5.74, 6) is 1.37. The Labute approximate surface area is 163 Å². The fraction of sp³-hybridized carbons (Fsp3) is 0.350. The van der Waals surface area contributed by atoms with Crippen LogP contribution in [0.3, 0.4) is 0 Å². The topological polar surface area (TPSA) is 59.6 Å². The average Bonchev–Trinajstić information content (AvgIpc) is 2.67. The summed E-state index contributed by atoms with van der Waals surface area (Å²) >= 11 is 3.43. The van der Waals surface area contributed by atoms with E-state index >= 15 is 0 Å². The molecule has 2 N–H and O–H groups in total. The number of halogens is 1. The van der Waals surface area contributed by atoms with Gasteiger partial charge in [-0.1, -0.05) is 47.1 Å². The third kappa shape index (κ3) is 6.35. The molecule has 26 heavy (non-hydrogen) atoms. The Bertz CT molecular complexity index is 692. The number of para-hydroxylation sites is 2. The van der Waals surface area contributed by atoms with Crippen LogP contribution >= 0.6 is 15.9 Å². The van der Waals surface area contributed by atoms with Gasteiger partial charge in [-0.2, -0.15) is 0 Å². The Kier molecular flexibility index (Phi) is 8.44. The van der Waals surface area contributed by atoms with Crippen LogP contribution in [-0.2, 0) is 4.79 Å². The molecule has 2 rings (SSSR count). The number of hydrogen-bond donors (Lipinski definition) is 2. The highest BCUT2D eigenvalue weighted by Gasteiger charge is 2.12. The molecule has 0 saturated heterocycles. The van der Waals surface area contributed by atoms with Gasteiger partial charge in [-0.25, -0.2) is 0 Å². The number of benzene rings is 2. The highest BCUT2D eigenvalue weighted by molar-refractivity contribution is 9.10. The van der Waals surface area contributed by atoms with Gasteiger partial charge in [0.2, 0.25) is 5.91 Å². The maximum absolute atomic E-state index is 12.1. The van der Waals surface area contributed by atoms with E-state index in [1.54, 1.807) is 7.11 Å². The summed E-state index contributed by atoms with van der Waals surface area (Å²) in [6, 6.07) is 15.5. The molecule has 0 aromatic heterocycles. The van der Waals surface area contributed by atoms with Gasteiger partial charge in [0.15, 0.2) is 11.5 Å². The summed E-state index contributed by atoms with van der Waals surface area (Å²) in [4.78, 5) is 12.1. The van der Waals surface area contributed by atoms with Gasteiger partial charge in [0.1, 0.15) is 6.61 Å².